The van der Waals surface area contributed by atoms with Gasteiger partial charge in [-0.1, -0.05) is 13.8 Å². The van der Waals surface area contributed by atoms with Crippen molar-refractivity contribution in [2.24, 2.45) is 5.92 Å². The van der Waals surface area contributed by atoms with Gasteiger partial charge in [0.05, 0.1) is 17.9 Å². The fourth-order valence-electron chi connectivity index (χ4n) is 3.75. The van der Waals surface area contributed by atoms with Crippen LogP contribution in [0.25, 0.3) is 5.76 Å². The van der Waals surface area contributed by atoms with Crippen LogP contribution in [-0.2, 0) is 9.59 Å². The van der Waals surface area contributed by atoms with Gasteiger partial charge in [0.1, 0.15) is 40.7 Å². The summed E-state index contributed by atoms with van der Waals surface area (Å²) >= 11 is 0. The normalized spacial score (nSPS) is 17.6. The van der Waals surface area contributed by atoms with Crippen molar-refractivity contribution in [2.75, 3.05) is 11.5 Å². The van der Waals surface area contributed by atoms with E-state index in [1.807, 2.05) is 13.8 Å². The SMILES string of the molecule is Cc1ccc(C2/C(=C(/O)c3ccc(OCC(C)C)cc3)C(=O)C(=O)N2c2ccc(F)cc2F)o1. The van der Waals surface area contributed by atoms with Crippen molar-refractivity contribution in [1.82, 2.24) is 0 Å². The molecule has 1 aromatic heterocycles. The Labute approximate surface area is 195 Å². The van der Waals surface area contributed by atoms with Crippen LogP contribution in [0.2, 0.25) is 0 Å². The minimum atomic E-state index is -1.24. The average Bonchev–Trinajstić information content (AvgIpc) is 3.33. The van der Waals surface area contributed by atoms with E-state index in [-0.39, 0.29) is 22.6 Å². The molecule has 1 aliphatic heterocycles. The molecule has 0 radical (unpaired) electrons. The number of hydrogen-bond acceptors (Lipinski definition) is 5. The van der Waals surface area contributed by atoms with Gasteiger partial charge in [-0.25, -0.2) is 8.78 Å². The lowest BCUT2D eigenvalue weighted by molar-refractivity contribution is -0.132. The Hall–Kier alpha value is -3.94. The van der Waals surface area contributed by atoms with Gasteiger partial charge in [0, 0.05) is 11.6 Å². The number of halogens is 2. The molecule has 1 saturated heterocycles. The number of aryl methyl sites for hydroxylation is 1. The monoisotopic (exact) mass is 467 g/mol. The predicted molar refractivity (Wildman–Crippen MR) is 121 cm³/mol. The Morgan fingerprint density at radius 2 is 1.79 bits per heavy atom. The van der Waals surface area contributed by atoms with Crippen LogP contribution in [0.1, 0.15) is 37.0 Å². The first kappa shape index (κ1) is 23.2. The van der Waals surface area contributed by atoms with E-state index in [4.69, 9.17) is 9.15 Å². The molecule has 6 nitrogen and oxygen atoms in total. The van der Waals surface area contributed by atoms with Crippen molar-refractivity contribution in [3.8, 4) is 5.75 Å². The van der Waals surface area contributed by atoms with E-state index in [0.29, 0.717) is 30.1 Å². The van der Waals surface area contributed by atoms with E-state index >= 15 is 0 Å². The van der Waals surface area contributed by atoms with Crippen LogP contribution >= 0.6 is 0 Å². The first-order valence-electron chi connectivity index (χ1n) is 10.7. The Morgan fingerprint density at radius 1 is 1.09 bits per heavy atom. The number of amides is 1. The molecule has 2 aromatic carbocycles. The van der Waals surface area contributed by atoms with Crippen LogP contribution in [0.3, 0.4) is 0 Å². The minimum Gasteiger partial charge on any atom is -0.507 e. The molecule has 0 saturated carbocycles. The maximum absolute atomic E-state index is 14.7. The quantitative estimate of drug-likeness (QED) is 0.293. The molecule has 176 valence electrons. The highest BCUT2D eigenvalue weighted by atomic mass is 19.1. The number of anilines is 1. The molecule has 1 amide bonds. The maximum Gasteiger partial charge on any atom is 0.300 e. The molecule has 3 aromatic rings. The molecule has 1 atom stereocenters. The van der Waals surface area contributed by atoms with Crippen molar-refractivity contribution in [3.63, 3.8) is 0 Å². The van der Waals surface area contributed by atoms with Crippen molar-refractivity contribution in [2.45, 2.75) is 26.8 Å². The summed E-state index contributed by atoms with van der Waals surface area (Å²) in [5.41, 5.74) is -0.305. The van der Waals surface area contributed by atoms with Crippen LogP contribution in [0, 0.1) is 24.5 Å². The highest BCUT2D eigenvalue weighted by Crippen LogP contribution is 2.43. The third kappa shape index (κ3) is 4.31. The number of aliphatic hydroxyl groups is 1. The Kier molecular flexibility index (Phi) is 6.24. The molecule has 1 aliphatic rings. The van der Waals surface area contributed by atoms with Gasteiger partial charge in [0.25, 0.3) is 11.7 Å². The summed E-state index contributed by atoms with van der Waals surface area (Å²) in [6.07, 6.45) is 0. The maximum atomic E-state index is 14.7. The van der Waals surface area contributed by atoms with Gasteiger partial charge in [-0.3, -0.25) is 14.5 Å². The van der Waals surface area contributed by atoms with Gasteiger partial charge in [-0.05, 0) is 61.4 Å². The number of Topliss-reactive ketones (excluding diaryl/α,β-unsaturated/α-hetero) is 1. The molecule has 0 bridgehead atoms. The summed E-state index contributed by atoms with van der Waals surface area (Å²) < 4.78 is 39.5. The van der Waals surface area contributed by atoms with E-state index in [1.54, 1.807) is 37.3 Å². The van der Waals surface area contributed by atoms with Crippen LogP contribution in [0.15, 0.2) is 64.6 Å². The number of benzene rings is 2. The first-order valence-corrected chi connectivity index (χ1v) is 10.7. The predicted octanol–water partition coefficient (Wildman–Crippen LogP) is 5.53. The molecule has 0 spiro atoms. The number of nitrogens with zero attached hydrogens (tertiary/aromatic N) is 1. The van der Waals surface area contributed by atoms with Gasteiger partial charge >= 0.3 is 0 Å². The highest BCUT2D eigenvalue weighted by Gasteiger charge is 2.49. The number of carbonyl (C=O) groups is 2. The number of rotatable bonds is 6. The molecule has 34 heavy (non-hydrogen) atoms. The molecule has 0 aliphatic carbocycles. The van der Waals surface area contributed by atoms with Gasteiger partial charge in [0.15, 0.2) is 0 Å². The fraction of sp³-hybridized carbons (Fsp3) is 0.231. The lowest BCUT2D eigenvalue weighted by atomic mass is 9.99. The third-order valence-corrected chi connectivity index (χ3v) is 5.36. The summed E-state index contributed by atoms with van der Waals surface area (Å²) in [4.78, 5) is 26.9. The van der Waals surface area contributed by atoms with Gasteiger partial charge in [-0.2, -0.15) is 0 Å². The zero-order valence-corrected chi connectivity index (χ0v) is 18.8. The van der Waals surface area contributed by atoms with Crippen LogP contribution in [0.5, 0.6) is 5.75 Å². The van der Waals surface area contributed by atoms with Gasteiger partial charge in [-0.15, -0.1) is 0 Å². The second-order valence-corrected chi connectivity index (χ2v) is 8.44. The molecular weight excluding hydrogens is 444 g/mol. The third-order valence-electron chi connectivity index (χ3n) is 5.36. The lowest BCUT2D eigenvalue weighted by Gasteiger charge is -2.23. The summed E-state index contributed by atoms with van der Waals surface area (Å²) in [6.45, 7) is 6.21. The molecule has 1 unspecified atom stereocenters. The summed E-state index contributed by atoms with van der Waals surface area (Å²) in [6, 6.07) is 11.0. The first-order chi connectivity index (χ1) is 16.2. The van der Waals surface area contributed by atoms with E-state index in [9.17, 15) is 23.5 Å². The number of ether oxygens (including phenoxy) is 1. The highest BCUT2D eigenvalue weighted by molar-refractivity contribution is 6.51. The Balaban J connectivity index is 1.82. The second kappa shape index (κ2) is 9.13. The Bertz CT molecular complexity index is 1280. The van der Waals surface area contributed by atoms with Crippen molar-refractivity contribution in [3.05, 3.63) is 88.9 Å². The minimum absolute atomic E-state index is 0.152. The van der Waals surface area contributed by atoms with E-state index in [0.717, 1.165) is 17.0 Å². The number of aliphatic hydroxyl groups excluding tert-OH is 1. The van der Waals surface area contributed by atoms with Crippen LogP contribution < -0.4 is 9.64 Å². The number of furan rings is 1. The number of carbonyl (C=O) groups excluding carboxylic acids is 2. The van der Waals surface area contributed by atoms with Gasteiger partial charge < -0.3 is 14.3 Å². The molecule has 4 rings (SSSR count). The van der Waals surface area contributed by atoms with E-state index < -0.39 is 35.1 Å². The van der Waals surface area contributed by atoms with E-state index in [1.165, 1.54) is 6.07 Å². The standard InChI is InChI=1S/C26H23F2NO5/c1-14(2)13-33-18-8-5-16(6-9-18)24(30)22-23(21-11-4-15(3)34-21)29(26(32)25(22)31)20-10-7-17(27)12-19(20)28/h4-12,14,23,30H,13H2,1-3H3/b24-22-. The van der Waals surface area contributed by atoms with Crippen LogP contribution in [0.4, 0.5) is 14.5 Å². The molecular formula is C26H23F2NO5. The van der Waals surface area contributed by atoms with Crippen molar-refractivity contribution < 1.29 is 32.6 Å². The largest absolute Gasteiger partial charge is 0.507 e. The lowest BCUT2D eigenvalue weighted by Crippen LogP contribution is -2.30. The summed E-state index contributed by atoms with van der Waals surface area (Å²) in [5, 5.41) is 11.1. The molecule has 1 fully saturated rings. The summed E-state index contributed by atoms with van der Waals surface area (Å²) in [7, 11) is 0. The average molecular weight is 467 g/mol. The Morgan fingerprint density at radius 3 is 2.38 bits per heavy atom. The zero-order chi connectivity index (χ0) is 24.6. The van der Waals surface area contributed by atoms with Crippen LogP contribution in [-0.4, -0.2) is 23.4 Å². The topological polar surface area (TPSA) is 80.0 Å². The molecule has 8 heteroatoms. The fourth-order valence-corrected chi connectivity index (χ4v) is 3.75. The number of hydrogen-bond donors (Lipinski definition) is 1. The van der Waals surface area contributed by atoms with E-state index in [2.05, 4.69) is 0 Å². The zero-order valence-electron chi connectivity index (χ0n) is 18.8. The molecule has 2 heterocycles. The number of ketones is 1. The van der Waals surface area contributed by atoms with Crippen molar-refractivity contribution in [1.29, 1.82) is 0 Å². The smallest absolute Gasteiger partial charge is 0.300 e. The molecule has 1 N–H and O–H groups in total. The second-order valence-electron chi connectivity index (χ2n) is 8.44. The van der Waals surface area contributed by atoms with Crippen molar-refractivity contribution >= 4 is 23.1 Å². The summed E-state index contributed by atoms with van der Waals surface area (Å²) in [5.74, 6) is -2.83. The van der Waals surface area contributed by atoms with Gasteiger partial charge in [0.2, 0.25) is 0 Å².